The van der Waals surface area contributed by atoms with Crippen LogP contribution < -0.4 is 10.6 Å². The van der Waals surface area contributed by atoms with Gasteiger partial charge in [0.05, 0.1) is 0 Å². The maximum Gasteiger partial charge on any atom is 0.319 e. The first-order valence-corrected chi connectivity index (χ1v) is 7.52. The number of carbonyl (C=O) groups excluding carboxylic acids is 1. The van der Waals surface area contributed by atoms with Crippen molar-refractivity contribution >= 4 is 11.7 Å². The van der Waals surface area contributed by atoms with Gasteiger partial charge < -0.3 is 15.7 Å². The number of rotatable bonds is 6. The van der Waals surface area contributed by atoms with Crippen LogP contribution in [0.4, 0.5) is 10.5 Å². The Balaban J connectivity index is 2.72. The van der Waals surface area contributed by atoms with E-state index < -0.39 is 0 Å². The van der Waals surface area contributed by atoms with Gasteiger partial charge in [-0.3, -0.25) is 0 Å². The summed E-state index contributed by atoms with van der Waals surface area (Å²) in [6.45, 7) is 10.9. The lowest BCUT2D eigenvalue weighted by Crippen LogP contribution is -2.37. The van der Waals surface area contributed by atoms with Crippen molar-refractivity contribution in [2.45, 2.75) is 47.0 Å². The molecule has 0 saturated heterocycles. The number of carbonyl (C=O) groups is 1. The van der Waals surface area contributed by atoms with Gasteiger partial charge in [-0.1, -0.05) is 45.9 Å². The van der Waals surface area contributed by atoms with E-state index >= 15 is 0 Å². The molecule has 0 aromatic heterocycles. The number of para-hydroxylation sites is 1. The van der Waals surface area contributed by atoms with E-state index in [-0.39, 0.29) is 18.1 Å². The van der Waals surface area contributed by atoms with Gasteiger partial charge in [-0.15, -0.1) is 0 Å². The number of aryl methyl sites for hydroxylation is 1. The Morgan fingerprint density at radius 1 is 1.33 bits per heavy atom. The van der Waals surface area contributed by atoms with Gasteiger partial charge in [0, 0.05) is 18.8 Å². The quantitative estimate of drug-likeness (QED) is 0.749. The van der Waals surface area contributed by atoms with Crippen LogP contribution in [0.3, 0.4) is 0 Å². The van der Waals surface area contributed by atoms with Gasteiger partial charge >= 0.3 is 6.03 Å². The molecule has 4 heteroatoms. The Morgan fingerprint density at radius 2 is 2.00 bits per heavy atom. The van der Waals surface area contributed by atoms with Gasteiger partial charge in [0.1, 0.15) is 0 Å². The molecular formula is C17H28N2O2. The number of benzene rings is 1. The average molecular weight is 292 g/mol. The molecule has 0 aliphatic rings. The largest absolute Gasteiger partial charge is 0.396 e. The van der Waals surface area contributed by atoms with E-state index in [4.69, 9.17) is 5.11 Å². The van der Waals surface area contributed by atoms with Crippen molar-refractivity contribution in [2.75, 3.05) is 18.5 Å². The fourth-order valence-corrected chi connectivity index (χ4v) is 2.21. The molecule has 21 heavy (non-hydrogen) atoms. The Kier molecular flexibility index (Phi) is 6.21. The van der Waals surface area contributed by atoms with E-state index in [1.165, 1.54) is 0 Å². The first-order valence-electron chi connectivity index (χ1n) is 7.52. The minimum Gasteiger partial charge on any atom is -0.396 e. The molecule has 1 aromatic carbocycles. The van der Waals surface area contributed by atoms with Crippen LogP contribution in [0.2, 0.25) is 0 Å². The highest BCUT2D eigenvalue weighted by Gasteiger charge is 2.19. The Labute approximate surface area is 128 Å². The van der Waals surface area contributed by atoms with Gasteiger partial charge in [-0.2, -0.15) is 0 Å². The van der Waals surface area contributed by atoms with Crippen LogP contribution in [-0.4, -0.2) is 24.3 Å². The molecule has 0 radical (unpaired) electrons. The molecule has 0 bridgehead atoms. The molecule has 1 rings (SSSR count). The van der Waals surface area contributed by atoms with Crippen LogP contribution in [-0.2, 0) is 0 Å². The number of hydrogen-bond donors (Lipinski definition) is 3. The third-order valence-corrected chi connectivity index (χ3v) is 3.68. The summed E-state index contributed by atoms with van der Waals surface area (Å²) < 4.78 is 0. The molecule has 1 aromatic rings. The summed E-state index contributed by atoms with van der Waals surface area (Å²) in [6, 6.07) is 5.86. The van der Waals surface area contributed by atoms with Gasteiger partial charge in [0.25, 0.3) is 0 Å². The van der Waals surface area contributed by atoms with Crippen molar-refractivity contribution in [2.24, 2.45) is 5.41 Å². The molecule has 0 aliphatic carbocycles. The van der Waals surface area contributed by atoms with Crippen LogP contribution in [0, 0.1) is 12.3 Å². The lowest BCUT2D eigenvalue weighted by atomic mass is 9.90. The van der Waals surface area contributed by atoms with Gasteiger partial charge in [0.2, 0.25) is 0 Å². The Morgan fingerprint density at radius 3 is 2.57 bits per heavy atom. The number of aliphatic hydroxyl groups is 1. The SMILES string of the molecule is Cc1cccc(C(C)C)c1NC(=O)NCC(C)(C)CCO. The summed E-state index contributed by atoms with van der Waals surface area (Å²) in [5, 5.41) is 14.9. The summed E-state index contributed by atoms with van der Waals surface area (Å²) in [5.74, 6) is 0.353. The minimum absolute atomic E-state index is 0.112. The standard InChI is InChI=1S/C17H28N2O2/c1-12(2)14-8-6-7-13(3)15(14)19-16(21)18-11-17(4,5)9-10-20/h6-8,12,20H,9-11H2,1-5H3,(H2,18,19,21). The molecule has 0 aliphatic heterocycles. The molecule has 0 heterocycles. The van der Waals surface area contributed by atoms with Crippen molar-refractivity contribution in [1.29, 1.82) is 0 Å². The predicted octanol–water partition coefficient (Wildman–Crippen LogP) is 3.65. The smallest absolute Gasteiger partial charge is 0.319 e. The van der Waals surface area contributed by atoms with E-state index in [1.807, 2.05) is 39.0 Å². The predicted molar refractivity (Wildman–Crippen MR) is 87.8 cm³/mol. The first-order chi connectivity index (χ1) is 9.76. The Bertz CT molecular complexity index is 482. The summed E-state index contributed by atoms with van der Waals surface area (Å²) in [7, 11) is 0. The Hall–Kier alpha value is -1.55. The van der Waals surface area contributed by atoms with Crippen LogP contribution in [0.1, 0.15) is 51.2 Å². The zero-order valence-corrected chi connectivity index (χ0v) is 13.8. The summed E-state index contributed by atoms with van der Waals surface area (Å²) in [4.78, 5) is 12.1. The van der Waals surface area contributed by atoms with E-state index in [2.05, 4.69) is 24.5 Å². The van der Waals surface area contributed by atoms with Crippen molar-refractivity contribution < 1.29 is 9.90 Å². The number of aliphatic hydroxyl groups excluding tert-OH is 1. The number of anilines is 1. The van der Waals surface area contributed by atoms with E-state index in [0.29, 0.717) is 18.9 Å². The zero-order chi connectivity index (χ0) is 16.0. The van der Waals surface area contributed by atoms with Crippen LogP contribution in [0.15, 0.2) is 18.2 Å². The zero-order valence-electron chi connectivity index (χ0n) is 13.8. The lowest BCUT2D eigenvalue weighted by Gasteiger charge is -2.24. The maximum atomic E-state index is 12.1. The van der Waals surface area contributed by atoms with Crippen molar-refractivity contribution in [3.05, 3.63) is 29.3 Å². The molecule has 0 fully saturated rings. The highest BCUT2D eigenvalue weighted by Crippen LogP contribution is 2.27. The molecular weight excluding hydrogens is 264 g/mol. The van der Waals surface area contributed by atoms with Crippen LogP contribution in [0.5, 0.6) is 0 Å². The average Bonchev–Trinajstić information content (AvgIpc) is 2.38. The van der Waals surface area contributed by atoms with Crippen LogP contribution >= 0.6 is 0 Å². The molecule has 0 spiro atoms. The molecule has 0 atom stereocenters. The van der Waals surface area contributed by atoms with Crippen LogP contribution in [0.25, 0.3) is 0 Å². The molecule has 3 N–H and O–H groups in total. The van der Waals surface area contributed by atoms with Gasteiger partial charge in [0.15, 0.2) is 0 Å². The lowest BCUT2D eigenvalue weighted by molar-refractivity contribution is 0.204. The van der Waals surface area contributed by atoms with Gasteiger partial charge in [-0.25, -0.2) is 4.79 Å². The fourth-order valence-electron chi connectivity index (χ4n) is 2.21. The number of nitrogens with one attached hydrogen (secondary N) is 2. The third kappa shape index (κ3) is 5.38. The highest BCUT2D eigenvalue weighted by atomic mass is 16.3. The topological polar surface area (TPSA) is 61.4 Å². The van der Waals surface area contributed by atoms with Crippen molar-refractivity contribution in [3.63, 3.8) is 0 Å². The normalized spacial score (nSPS) is 11.6. The highest BCUT2D eigenvalue weighted by molar-refractivity contribution is 5.91. The molecule has 118 valence electrons. The number of amides is 2. The number of hydrogen-bond acceptors (Lipinski definition) is 2. The fraction of sp³-hybridized carbons (Fsp3) is 0.588. The molecule has 2 amide bonds. The second-order valence-corrected chi connectivity index (χ2v) is 6.64. The van der Waals surface area contributed by atoms with Gasteiger partial charge in [-0.05, 0) is 35.8 Å². The summed E-state index contributed by atoms with van der Waals surface area (Å²) in [5.41, 5.74) is 2.98. The van der Waals surface area contributed by atoms with E-state index in [9.17, 15) is 4.79 Å². The second kappa shape index (κ2) is 7.46. The molecule has 4 nitrogen and oxygen atoms in total. The molecule has 0 unspecified atom stereocenters. The monoisotopic (exact) mass is 292 g/mol. The first kappa shape index (κ1) is 17.5. The molecule has 0 saturated carbocycles. The third-order valence-electron chi connectivity index (χ3n) is 3.68. The van der Waals surface area contributed by atoms with E-state index in [1.54, 1.807) is 0 Å². The maximum absolute atomic E-state index is 12.1. The van der Waals surface area contributed by atoms with Crippen molar-refractivity contribution in [1.82, 2.24) is 5.32 Å². The van der Waals surface area contributed by atoms with Crippen molar-refractivity contribution in [3.8, 4) is 0 Å². The summed E-state index contributed by atoms with van der Waals surface area (Å²) in [6.07, 6.45) is 0.662. The minimum atomic E-state index is -0.197. The van der Waals surface area contributed by atoms with E-state index in [0.717, 1.165) is 16.8 Å². The summed E-state index contributed by atoms with van der Waals surface area (Å²) >= 11 is 0. The second-order valence-electron chi connectivity index (χ2n) is 6.64. The number of urea groups is 1.